The molecule has 1 aromatic carbocycles. The first kappa shape index (κ1) is 11.5. The molecule has 0 atom stereocenters. The first-order valence-electron chi connectivity index (χ1n) is 5.35. The number of thioether (sulfide) groups is 1. The number of halogens is 1. The molecule has 0 aliphatic heterocycles. The summed E-state index contributed by atoms with van der Waals surface area (Å²) in [5.41, 5.74) is 1.30. The SMILES string of the molecule is OCCCc1ccc(SC2CC2)c(Br)c1. The first-order valence-corrected chi connectivity index (χ1v) is 7.03. The topological polar surface area (TPSA) is 20.2 Å². The lowest BCUT2D eigenvalue weighted by Gasteiger charge is -2.06. The smallest absolute Gasteiger partial charge is 0.0434 e. The van der Waals surface area contributed by atoms with E-state index in [1.807, 2.05) is 11.8 Å². The minimum Gasteiger partial charge on any atom is -0.396 e. The van der Waals surface area contributed by atoms with Crippen molar-refractivity contribution < 1.29 is 5.11 Å². The van der Waals surface area contributed by atoms with Crippen molar-refractivity contribution in [2.24, 2.45) is 0 Å². The average Bonchev–Trinajstić information content (AvgIpc) is 3.02. The highest BCUT2D eigenvalue weighted by molar-refractivity contribution is 9.10. The van der Waals surface area contributed by atoms with Gasteiger partial charge in [-0.1, -0.05) is 6.07 Å². The Labute approximate surface area is 103 Å². The van der Waals surface area contributed by atoms with Crippen LogP contribution in [0.15, 0.2) is 27.6 Å². The molecule has 1 N–H and O–H groups in total. The summed E-state index contributed by atoms with van der Waals surface area (Å²) in [4.78, 5) is 1.35. The third-order valence-electron chi connectivity index (χ3n) is 2.44. The van der Waals surface area contributed by atoms with E-state index in [4.69, 9.17) is 5.11 Å². The highest BCUT2D eigenvalue weighted by Gasteiger charge is 2.23. The molecule has 2 rings (SSSR count). The summed E-state index contributed by atoms with van der Waals surface area (Å²) in [5, 5.41) is 9.61. The fourth-order valence-corrected chi connectivity index (χ4v) is 3.20. The Bertz CT molecular complexity index is 336. The number of benzene rings is 1. The van der Waals surface area contributed by atoms with Crippen LogP contribution in [0.25, 0.3) is 0 Å². The maximum absolute atomic E-state index is 8.76. The van der Waals surface area contributed by atoms with Crippen LogP contribution in [0.5, 0.6) is 0 Å². The van der Waals surface area contributed by atoms with Gasteiger partial charge in [0, 0.05) is 21.2 Å². The fraction of sp³-hybridized carbons (Fsp3) is 0.500. The summed E-state index contributed by atoms with van der Waals surface area (Å²) in [7, 11) is 0. The van der Waals surface area contributed by atoms with Crippen molar-refractivity contribution >= 4 is 27.7 Å². The highest BCUT2D eigenvalue weighted by Crippen LogP contribution is 2.42. The third kappa shape index (κ3) is 3.51. The molecule has 0 aromatic heterocycles. The Morgan fingerprint density at radius 3 is 2.80 bits per heavy atom. The maximum atomic E-state index is 8.76. The summed E-state index contributed by atoms with van der Waals surface area (Å²) < 4.78 is 1.20. The molecule has 15 heavy (non-hydrogen) atoms. The molecule has 0 unspecified atom stereocenters. The minimum atomic E-state index is 0.274. The number of rotatable bonds is 5. The molecule has 0 radical (unpaired) electrons. The summed E-state index contributed by atoms with van der Waals surface area (Å²) >= 11 is 5.58. The lowest BCUT2D eigenvalue weighted by atomic mass is 10.1. The van der Waals surface area contributed by atoms with Gasteiger partial charge in [-0.25, -0.2) is 0 Å². The standard InChI is InChI=1S/C12H15BrOS/c13-11-8-9(2-1-7-14)3-6-12(11)15-10-4-5-10/h3,6,8,10,14H,1-2,4-5,7H2. The largest absolute Gasteiger partial charge is 0.396 e. The first-order chi connectivity index (χ1) is 7.29. The van der Waals surface area contributed by atoms with E-state index >= 15 is 0 Å². The van der Waals surface area contributed by atoms with Crippen molar-refractivity contribution in [2.45, 2.75) is 35.8 Å². The van der Waals surface area contributed by atoms with Crippen LogP contribution < -0.4 is 0 Å². The Morgan fingerprint density at radius 2 is 2.20 bits per heavy atom. The van der Waals surface area contributed by atoms with Gasteiger partial charge in [0.05, 0.1) is 0 Å². The van der Waals surface area contributed by atoms with Crippen molar-refractivity contribution in [1.82, 2.24) is 0 Å². The number of hydrogen-bond donors (Lipinski definition) is 1. The van der Waals surface area contributed by atoms with Crippen LogP contribution in [0.3, 0.4) is 0 Å². The van der Waals surface area contributed by atoms with E-state index in [1.165, 1.54) is 27.8 Å². The van der Waals surface area contributed by atoms with Gasteiger partial charge < -0.3 is 5.11 Å². The summed E-state index contributed by atoms with van der Waals surface area (Å²) in [6, 6.07) is 6.55. The quantitative estimate of drug-likeness (QED) is 0.892. The van der Waals surface area contributed by atoms with Gasteiger partial charge in [-0.15, -0.1) is 11.8 Å². The normalized spacial score (nSPS) is 15.6. The second-order valence-electron chi connectivity index (χ2n) is 3.91. The van der Waals surface area contributed by atoms with Gasteiger partial charge in [0.2, 0.25) is 0 Å². The van der Waals surface area contributed by atoms with Gasteiger partial charge in [-0.2, -0.15) is 0 Å². The van der Waals surface area contributed by atoms with Crippen molar-refractivity contribution in [2.75, 3.05) is 6.61 Å². The number of hydrogen-bond acceptors (Lipinski definition) is 2. The lowest BCUT2D eigenvalue weighted by Crippen LogP contribution is -1.90. The van der Waals surface area contributed by atoms with E-state index in [1.54, 1.807) is 0 Å². The van der Waals surface area contributed by atoms with Crippen molar-refractivity contribution in [3.63, 3.8) is 0 Å². The lowest BCUT2D eigenvalue weighted by molar-refractivity contribution is 0.288. The molecular formula is C12H15BrOS. The molecule has 0 heterocycles. The van der Waals surface area contributed by atoms with Crippen LogP contribution in [-0.4, -0.2) is 17.0 Å². The Kier molecular flexibility index (Phi) is 4.12. The van der Waals surface area contributed by atoms with Gasteiger partial charge in [-0.05, 0) is 59.3 Å². The van der Waals surface area contributed by atoms with Crippen LogP contribution >= 0.6 is 27.7 Å². The molecule has 1 aromatic rings. The van der Waals surface area contributed by atoms with E-state index in [9.17, 15) is 0 Å². The van der Waals surface area contributed by atoms with E-state index in [0.717, 1.165) is 18.1 Å². The molecule has 82 valence electrons. The molecule has 1 fully saturated rings. The second kappa shape index (κ2) is 5.37. The number of aliphatic hydroxyl groups excluding tert-OH is 1. The predicted octanol–water partition coefficient (Wildman–Crippen LogP) is 3.63. The summed E-state index contributed by atoms with van der Waals surface area (Å²) in [6.07, 6.45) is 4.54. The van der Waals surface area contributed by atoms with Crippen LogP contribution in [0.4, 0.5) is 0 Å². The number of aryl methyl sites for hydroxylation is 1. The monoisotopic (exact) mass is 286 g/mol. The molecule has 0 saturated heterocycles. The number of aliphatic hydroxyl groups is 1. The van der Waals surface area contributed by atoms with Crippen LogP contribution in [-0.2, 0) is 6.42 Å². The Balaban J connectivity index is 2.00. The van der Waals surface area contributed by atoms with Crippen LogP contribution in [0.2, 0.25) is 0 Å². The van der Waals surface area contributed by atoms with Gasteiger partial charge in [0.25, 0.3) is 0 Å². The molecule has 1 aliphatic carbocycles. The zero-order valence-corrected chi connectivity index (χ0v) is 11.0. The van der Waals surface area contributed by atoms with Gasteiger partial charge >= 0.3 is 0 Å². The minimum absolute atomic E-state index is 0.274. The van der Waals surface area contributed by atoms with Gasteiger partial charge in [0.15, 0.2) is 0 Å². The van der Waals surface area contributed by atoms with E-state index in [0.29, 0.717) is 0 Å². The average molecular weight is 287 g/mol. The second-order valence-corrected chi connectivity index (χ2v) is 6.11. The van der Waals surface area contributed by atoms with Crippen LogP contribution in [0.1, 0.15) is 24.8 Å². The predicted molar refractivity (Wildman–Crippen MR) is 68.4 cm³/mol. The maximum Gasteiger partial charge on any atom is 0.0434 e. The molecule has 3 heteroatoms. The van der Waals surface area contributed by atoms with E-state index < -0.39 is 0 Å². The van der Waals surface area contributed by atoms with E-state index in [-0.39, 0.29) is 6.61 Å². The van der Waals surface area contributed by atoms with Gasteiger partial charge in [0.1, 0.15) is 0 Å². The molecule has 0 amide bonds. The molecule has 1 saturated carbocycles. The third-order valence-corrected chi connectivity index (χ3v) is 4.77. The Hall–Kier alpha value is 0.01000. The molecule has 1 nitrogen and oxygen atoms in total. The molecule has 0 bridgehead atoms. The zero-order valence-electron chi connectivity index (χ0n) is 8.58. The van der Waals surface area contributed by atoms with E-state index in [2.05, 4.69) is 34.1 Å². The summed E-state index contributed by atoms with van der Waals surface area (Å²) in [5.74, 6) is 0. The molecule has 1 aliphatic rings. The Morgan fingerprint density at radius 1 is 1.40 bits per heavy atom. The van der Waals surface area contributed by atoms with Crippen LogP contribution in [0, 0.1) is 0 Å². The molecule has 0 spiro atoms. The van der Waals surface area contributed by atoms with Crippen molar-refractivity contribution in [3.8, 4) is 0 Å². The van der Waals surface area contributed by atoms with Crippen molar-refractivity contribution in [3.05, 3.63) is 28.2 Å². The highest BCUT2D eigenvalue weighted by atomic mass is 79.9. The molecular weight excluding hydrogens is 272 g/mol. The summed E-state index contributed by atoms with van der Waals surface area (Å²) in [6.45, 7) is 0.274. The fourth-order valence-electron chi connectivity index (χ4n) is 1.44. The van der Waals surface area contributed by atoms with Gasteiger partial charge in [-0.3, -0.25) is 0 Å². The van der Waals surface area contributed by atoms with Crippen molar-refractivity contribution in [1.29, 1.82) is 0 Å². The zero-order chi connectivity index (χ0) is 10.7.